The lowest BCUT2D eigenvalue weighted by Crippen LogP contribution is -2.18. The molecule has 3 aromatic rings. The molecule has 0 aliphatic rings. The predicted molar refractivity (Wildman–Crippen MR) is 81.7 cm³/mol. The van der Waals surface area contributed by atoms with E-state index in [4.69, 9.17) is 11.6 Å². The highest BCUT2D eigenvalue weighted by Crippen LogP contribution is 2.24. The van der Waals surface area contributed by atoms with Crippen molar-refractivity contribution in [1.29, 1.82) is 0 Å². The van der Waals surface area contributed by atoms with Crippen LogP contribution in [0, 0.1) is 6.92 Å². The number of aryl methyl sites for hydroxylation is 1. The fourth-order valence-corrected chi connectivity index (χ4v) is 2.26. The molecule has 0 saturated carbocycles. The average molecular weight is 302 g/mol. The maximum atomic E-state index is 11.8. The van der Waals surface area contributed by atoms with Crippen LogP contribution in [0.3, 0.4) is 0 Å². The minimum atomic E-state index is -0.383. The first-order valence-corrected chi connectivity index (χ1v) is 6.64. The number of H-pyrrole nitrogens is 2. The number of hydrogen-bond donors (Lipinski definition) is 3. The van der Waals surface area contributed by atoms with Gasteiger partial charge < -0.3 is 4.98 Å². The number of hydrazone groups is 1. The quantitative estimate of drug-likeness (QED) is 0.513. The molecule has 1 amide bonds. The van der Waals surface area contributed by atoms with Crippen LogP contribution < -0.4 is 5.43 Å². The number of aromatic nitrogens is 3. The molecule has 0 unspecified atom stereocenters. The zero-order valence-electron chi connectivity index (χ0n) is 11.1. The summed E-state index contributed by atoms with van der Waals surface area (Å²) in [6.07, 6.45) is 1.51. The van der Waals surface area contributed by atoms with E-state index >= 15 is 0 Å². The van der Waals surface area contributed by atoms with Crippen molar-refractivity contribution >= 4 is 34.6 Å². The minimum absolute atomic E-state index is 0.287. The first-order valence-electron chi connectivity index (χ1n) is 6.27. The number of aromatic amines is 2. The summed E-state index contributed by atoms with van der Waals surface area (Å²) < 4.78 is 0. The van der Waals surface area contributed by atoms with Crippen molar-refractivity contribution in [3.05, 3.63) is 52.4 Å². The van der Waals surface area contributed by atoms with Crippen LogP contribution in [0.1, 0.15) is 21.7 Å². The van der Waals surface area contributed by atoms with Crippen LogP contribution in [0.15, 0.2) is 35.4 Å². The van der Waals surface area contributed by atoms with Gasteiger partial charge in [-0.05, 0) is 19.1 Å². The van der Waals surface area contributed by atoms with E-state index in [1.807, 2.05) is 31.2 Å². The molecule has 2 heterocycles. The first-order chi connectivity index (χ1) is 10.1. The molecule has 106 valence electrons. The molecule has 0 atom stereocenters. The van der Waals surface area contributed by atoms with Crippen LogP contribution in [0.5, 0.6) is 0 Å². The molecule has 0 radical (unpaired) electrons. The average Bonchev–Trinajstić information content (AvgIpc) is 3.03. The smallest absolute Gasteiger partial charge is 0.291 e. The normalized spacial score (nSPS) is 11.3. The Morgan fingerprint density at radius 2 is 2.24 bits per heavy atom. The molecule has 0 spiro atoms. The summed E-state index contributed by atoms with van der Waals surface area (Å²) in [5, 5.41) is 11.9. The highest BCUT2D eigenvalue weighted by atomic mass is 35.5. The Bertz CT molecular complexity index is 833. The molecular weight excluding hydrogens is 290 g/mol. The summed E-state index contributed by atoms with van der Waals surface area (Å²) in [6, 6.07) is 9.32. The van der Waals surface area contributed by atoms with Crippen LogP contribution in [-0.4, -0.2) is 27.3 Å². The van der Waals surface area contributed by atoms with E-state index in [2.05, 4.69) is 25.7 Å². The lowest BCUT2D eigenvalue weighted by Gasteiger charge is -1.95. The van der Waals surface area contributed by atoms with Crippen molar-refractivity contribution in [2.75, 3.05) is 0 Å². The van der Waals surface area contributed by atoms with Gasteiger partial charge in [0, 0.05) is 22.2 Å². The van der Waals surface area contributed by atoms with Crippen LogP contribution in [0.25, 0.3) is 10.9 Å². The monoisotopic (exact) mass is 301 g/mol. The van der Waals surface area contributed by atoms with E-state index in [-0.39, 0.29) is 11.6 Å². The number of para-hydroxylation sites is 1. The summed E-state index contributed by atoms with van der Waals surface area (Å²) >= 11 is 6.13. The zero-order chi connectivity index (χ0) is 14.8. The second kappa shape index (κ2) is 5.41. The van der Waals surface area contributed by atoms with E-state index in [9.17, 15) is 4.79 Å². The molecule has 21 heavy (non-hydrogen) atoms. The van der Waals surface area contributed by atoms with Crippen molar-refractivity contribution < 1.29 is 4.79 Å². The minimum Gasteiger partial charge on any atom is -0.345 e. The third kappa shape index (κ3) is 2.66. The van der Waals surface area contributed by atoms with E-state index in [1.54, 1.807) is 6.07 Å². The number of fused-ring (bicyclic) bond motifs is 1. The molecule has 3 N–H and O–H groups in total. The number of carbonyl (C=O) groups excluding carboxylic acids is 1. The van der Waals surface area contributed by atoms with Crippen molar-refractivity contribution in [2.45, 2.75) is 6.92 Å². The van der Waals surface area contributed by atoms with Gasteiger partial charge >= 0.3 is 0 Å². The Morgan fingerprint density at radius 1 is 1.43 bits per heavy atom. The zero-order valence-corrected chi connectivity index (χ0v) is 11.9. The van der Waals surface area contributed by atoms with E-state index in [0.717, 1.165) is 22.2 Å². The molecule has 0 aliphatic carbocycles. The molecule has 7 heteroatoms. The van der Waals surface area contributed by atoms with Crippen LogP contribution in [0.2, 0.25) is 5.15 Å². The van der Waals surface area contributed by atoms with E-state index in [0.29, 0.717) is 5.15 Å². The Morgan fingerprint density at radius 3 is 3.00 bits per heavy atom. The molecule has 2 aromatic heterocycles. The second-order valence-corrected chi connectivity index (χ2v) is 4.91. The summed E-state index contributed by atoms with van der Waals surface area (Å²) in [7, 11) is 0. The van der Waals surface area contributed by atoms with Gasteiger partial charge in [0.1, 0.15) is 5.15 Å². The fraction of sp³-hybridized carbons (Fsp3) is 0.0714. The maximum absolute atomic E-state index is 11.8. The molecule has 6 nitrogen and oxygen atoms in total. The maximum Gasteiger partial charge on any atom is 0.291 e. The third-order valence-electron chi connectivity index (χ3n) is 3.00. The number of halogens is 1. The van der Waals surface area contributed by atoms with Crippen molar-refractivity contribution in [3.8, 4) is 0 Å². The third-order valence-corrected chi connectivity index (χ3v) is 3.29. The van der Waals surface area contributed by atoms with Gasteiger partial charge in [-0.3, -0.25) is 9.89 Å². The van der Waals surface area contributed by atoms with Gasteiger partial charge in [-0.25, -0.2) is 5.43 Å². The van der Waals surface area contributed by atoms with Crippen molar-refractivity contribution in [1.82, 2.24) is 20.6 Å². The second-order valence-electron chi connectivity index (χ2n) is 4.53. The number of carbonyl (C=O) groups is 1. The molecule has 1 aromatic carbocycles. The lowest BCUT2D eigenvalue weighted by atomic mass is 10.2. The number of rotatable bonds is 3. The summed E-state index contributed by atoms with van der Waals surface area (Å²) in [6.45, 7) is 1.82. The number of nitrogens with one attached hydrogen (secondary N) is 3. The van der Waals surface area contributed by atoms with Gasteiger partial charge in [-0.15, -0.1) is 0 Å². The summed E-state index contributed by atoms with van der Waals surface area (Å²) in [5.74, 6) is -0.383. The summed E-state index contributed by atoms with van der Waals surface area (Å²) in [5.41, 5.74) is 5.16. The van der Waals surface area contributed by atoms with Gasteiger partial charge in [0.15, 0.2) is 5.69 Å². The first kappa shape index (κ1) is 13.4. The van der Waals surface area contributed by atoms with Crippen LogP contribution >= 0.6 is 11.6 Å². The lowest BCUT2D eigenvalue weighted by molar-refractivity contribution is 0.0950. The van der Waals surface area contributed by atoms with Gasteiger partial charge in [-0.1, -0.05) is 29.8 Å². The number of benzene rings is 1. The molecule has 0 bridgehead atoms. The van der Waals surface area contributed by atoms with Gasteiger partial charge in [0.2, 0.25) is 0 Å². The van der Waals surface area contributed by atoms with Gasteiger partial charge in [0.05, 0.1) is 6.21 Å². The Kier molecular flexibility index (Phi) is 3.45. The highest BCUT2D eigenvalue weighted by molar-refractivity contribution is 6.34. The standard InChI is InChI=1S/C14H12ClN5O/c1-8-6-12(19-18-8)14(21)20-16-7-10-9-4-2-3-5-11(9)17-13(10)15/h2-7,17H,1H3,(H,18,19)(H,20,21)/b16-7+. The van der Waals surface area contributed by atoms with Crippen molar-refractivity contribution in [2.24, 2.45) is 5.10 Å². The van der Waals surface area contributed by atoms with Gasteiger partial charge in [0.25, 0.3) is 5.91 Å². The highest BCUT2D eigenvalue weighted by Gasteiger charge is 2.09. The van der Waals surface area contributed by atoms with E-state index in [1.165, 1.54) is 6.21 Å². The van der Waals surface area contributed by atoms with Crippen LogP contribution in [0.4, 0.5) is 0 Å². The SMILES string of the molecule is Cc1cc(C(=O)N/N=C/c2c(Cl)[nH]c3ccccc23)n[nH]1. The van der Waals surface area contributed by atoms with E-state index < -0.39 is 0 Å². The largest absolute Gasteiger partial charge is 0.345 e. The molecule has 0 saturated heterocycles. The Labute approximate surface area is 125 Å². The topological polar surface area (TPSA) is 85.9 Å². The molecule has 0 aliphatic heterocycles. The fourth-order valence-electron chi connectivity index (χ4n) is 2.00. The number of hydrogen-bond acceptors (Lipinski definition) is 3. The van der Waals surface area contributed by atoms with Crippen LogP contribution in [-0.2, 0) is 0 Å². The Balaban J connectivity index is 1.79. The van der Waals surface area contributed by atoms with Crippen molar-refractivity contribution in [3.63, 3.8) is 0 Å². The molecular formula is C14H12ClN5O. The Hall–Kier alpha value is -2.60. The molecule has 0 fully saturated rings. The predicted octanol–water partition coefficient (Wildman–Crippen LogP) is 2.62. The summed E-state index contributed by atoms with van der Waals surface area (Å²) in [4.78, 5) is 14.8. The number of nitrogens with zero attached hydrogens (tertiary/aromatic N) is 2. The molecule has 3 rings (SSSR count). The van der Waals surface area contributed by atoms with Gasteiger partial charge in [-0.2, -0.15) is 10.2 Å². The number of amides is 1.